The van der Waals surface area contributed by atoms with Gasteiger partial charge in [0.2, 0.25) is 0 Å². The van der Waals surface area contributed by atoms with Crippen LogP contribution in [0.25, 0.3) is 0 Å². The van der Waals surface area contributed by atoms with E-state index in [1.54, 1.807) is 19.4 Å². The number of halogens is 1. The molecule has 8 heteroatoms. The van der Waals surface area contributed by atoms with Crippen LogP contribution in [0.5, 0.6) is 0 Å². The highest BCUT2D eigenvalue weighted by molar-refractivity contribution is 9.10. The molecule has 0 aliphatic rings. The minimum atomic E-state index is -0.255. The SMILES string of the molecule is Cn1c(Sc2ncc(Br)cn2)n[nH]c1=O. The fourth-order valence-corrected chi connectivity index (χ4v) is 1.75. The molecule has 0 fully saturated rings. The molecule has 78 valence electrons. The van der Waals surface area contributed by atoms with Crippen LogP contribution in [0.1, 0.15) is 0 Å². The molecule has 0 saturated carbocycles. The van der Waals surface area contributed by atoms with Crippen LogP contribution in [0.3, 0.4) is 0 Å². The Balaban J connectivity index is 2.26. The highest BCUT2D eigenvalue weighted by atomic mass is 79.9. The summed E-state index contributed by atoms with van der Waals surface area (Å²) in [4.78, 5) is 19.2. The van der Waals surface area contributed by atoms with Crippen LogP contribution in [0.4, 0.5) is 0 Å². The molecule has 0 unspecified atom stereocenters. The molecule has 0 aromatic carbocycles. The minimum Gasteiger partial charge on any atom is -0.273 e. The molecule has 6 nitrogen and oxygen atoms in total. The number of nitrogens with one attached hydrogen (secondary N) is 1. The van der Waals surface area contributed by atoms with Gasteiger partial charge < -0.3 is 0 Å². The summed E-state index contributed by atoms with van der Waals surface area (Å²) in [5, 5.41) is 7.24. The zero-order chi connectivity index (χ0) is 10.8. The van der Waals surface area contributed by atoms with Crippen molar-refractivity contribution >= 4 is 27.7 Å². The minimum absolute atomic E-state index is 0.255. The van der Waals surface area contributed by atoms with Gasteiger partial charge in [-0.15, -0.1) is 5.10 Å². The van der Waals surface area contributed by atoms with Crippen molar-refractivity contribution in [1.29, 1.82) is 0 Å². The number of aromatic amines is 1. The Morgan fingerprint density at radius 2 is 2.13 bits per heavy atom. The lowest BCUT2D eigenvalue weighted by molar-refractivity contribution is 0.762. The molecule has 0 radical (unpaired) electrons. The predicted molar refractivity (Wildman–Crippen MR) is 57.7 cm³/mol. The van der Waals surface area contributed by atoms with Crippen molar-refractivity contribution in [3.63, 3.8) is 0 Å². The molecule has 0 saturated heterocycles. The Hall–Kier alpha value is -1.15. The first-order chi connectivity index (χ1) is 7.16. The zero-order valence-electron chi connectivity index (χ0n) is 7.64. The summed E-state index contributed by atoms with van der Waals surface area (Å²) in [6, 6.07) is 0. The maximum absolute atomic E-state index is 11.1. The van der Waals surface area contributed by atoms with Crippen LogP contribution in [0, 0.1) is 0 Å². The van der Waals surface area contributed by atoms with E-state index in [4.69, 9.17) is 0 Å². The maximum Gasteiger partial charge on any atom is 0.343 e. The standard InChI is InChI=1S/C7H6BrN5OS/c1-13-6(14)11-12-7(13)15-5-9-2-4(8)3-10-5/h2-3H,1H3,(H,11,14). The molecule has 0 spiro atoms. The second-order valence-corrected chi connectivity index (χ2v) is 4.51. The number of hydrogen-bond donors (Lipinski definition) is 1. The molecular formula is C7H6BrN5OS. The van der Waals surface area contributed by atoms with Gasteiger partial charge in [0, 0.05) is 19.4 Å². The van der Waals surface area contributed by atoms with Crippen LogP contribution in [-0.4, -0.2) is 24.7 Å². The van der Waals surface area contributed by atoms with E-state index in [0.717, 1.165) is 4.47 Å². The number of aromatic nitrogens is 5. The van der Waals surface area contributed by atoms with E-state index in [1.807, 2.05) is 0 Å². The van der Waals surface area contributed by atoms with Crippen molar-refractivity contribution in [2.45, 2.75) is 10.3 Å². The largest absolute Gasteiger partial charge is 0.343 e. The third kappa shape index (κ3) is 2.26. The quantitative estimate of drug-likeness (QED) is 0.828. The third-order valence-corrected chi connectivity index (χ3v) is 2.97. The first-order valence-corrected chi connectivity index (χ1v) is 5.54. The van der Waals surface area contributed by atoms with Crippen molar-refractivity contribution in [3.8, 4) is 0 Å². The monoisotopic (exact) mass is 287 g/mol. The molecular weight excluding hydrogens is 282 g/mol. The van der Waals surface area contributed by atoms with Gasteiger partial charge in [0.05, 0.1) is 4.47 Å². The highest BCUT2D eigenvalue weighted by Crippen LogP contribution is 2.20. The number of H-pyrrole nitrogens is 1. The number of hydrogen-bond acceptors (Lipinski definition) is 5. The van der Waals surface area contributed by atoms with Crippen LogP contribution in [-0.2, 0) is 7.05 Å². The van der Waals surface area contributed by atoms with Gasteiger partial charge in [-0.2, -0.15) is 0 Å². The molecule has 0 amide bonds. The van der Waals surface area contributed by atoms with E-state index in [1.165, 1.54) is 16.3 Å². The fourth-order valence-electron chi connectivity index (χ4n) is 0.859. The second-order valence-electron chi connectivity index (χ2n) is 2.66. The molecule has 0 bridgehead atoms. The average molecular weight is 288 g/mol. The summed E-state index contributed by atoms with van der Waals surface area (Å²) in [6.45, 7) is 0. The topological polar surface area (TPSA) is 76.5 Å². The Morgan fingerprint density at radius 3 is 2.67 bits per heavy atom. The van der Waals surface area contributed by atoms with E-state index in [0.29, 0.717) is 10.3 Å². The van der Waals surface area contributed by atoms with Crippen LogP contribution < -0.4 is 5.69 Å². The summed E-state index contributed by atoms with van der Waals surface area (Å²) in [5.41, 5.74) is -0.255. The first kappa shape index (κ1) is 10.4. The smallest absolute Gasteiger partial charge is 0.273 e. The van der Waals surface area contributed by atoms with E-state index in [-0.39, 0.29) is 5.69 Å². The van der Waals surface area contributed by atoms with Gasteiger partial charge in [-0.1, -0.05) is 0 Å². The molecule has 2 aromatic rings. The molecule has 0 atom stereocenters. The van der Waals surface area contributed by atoms with Crippen molar-refractivity contribution < 1.29 is 0 Å². The van der Waals surface area contributed by atoms with Gasteiger partial charge in [0.25, 0.3) is 0 Å². The molecule has 2 rings (SSSR count). The van der Waals surface area contributed by atoms with Crippen molar-refractivity contribution in [1.82, 2.24) is 24.7 Å². The van der Waals surface area contributed by atoms with Gasteiger partial charge in [-0.3, -0.25) is 4.57 Å². The average Bonchev–Trinajstić information content (AvgIpc) is 2.53. The van der Waals surface area contributed by atoms with E-state index < -0.39 is 0 Å². The van der Waals surface area contributed by atoms with Gasteiger partial charge in [0.15, 0.2) is 10.3 Å². The lowest BCUT2D eigenvalue weighted by Crippen LogP contribution is -2.12. The highest BCUT2D eigenvalue weighted by Gasteiger charge is 2.07. The third-order valence-electron chi connectivity index (χ3n) is 1.62. The van der Waals surface area contributed by atoms with Gasteiger partial charge in [-0.05, 0) is 27.7 Å². The summed E-state index contributed by atoms with van der Waals surface area (Å²) >= 11 is 4.46. The Kier molecular flexibility index (Phi) is 2.87. The van der Waals surface area contributed by atoms with Gasteiger partial charge in [0.1, 0.15) is 0 Å². The molecule has 2 aromatic heterocycles. The molecule has 2 heterocycles. The van der Waals surface area contributed by atoms with Crippen molar-refractivity contribution in [2.24, 2.45) is 7.05 Å². The first-order valence-electron chi connectivity index (χ1n) is 3.93. The number of rotatable bonds is 2. The summed E-state index contributed by atoms with van der Waals surface area (Å²) < 4.78 is 2.21. The Morgan fingerprint density at radius 1 is 1.47 bits per heavy atom. The normalized spacial score (nSPS) is 10.5. The summed E-state index contributed by atoms with van der Waals surface area (Å²) in [7, 11) is 1.63. The Labute approximate surface area is 97.3 Å². The Bertz CT molecular complexity index is 519. The molecule has 1 N–H and O–H groups in total. The van der Waals surface area contributed by atoms with E-state index >= 15 is 0 Å². The zero-order valence-corrected chi connectivity index (χ0v) is 10.0. The van der Waals surface area contributed by atoms with Crippen LogP contribution in [0.15, 0.2) is 32.0 Å². The van der Waals surface area contributed by atoms with Gasteiger partial charge >= 0.3 is 5.69 Å². The summed E-state index contributed by atoms with van der Waals surface area (Å²) in [6.07, 6.45) is 3.28. The van der Waals surface area contributed by atoms with Gasteiger partial charge in [-0.25, -0.2) is 19.9 Å². The van der Waals surface area contributed by atoms with Crippen LogP contribution >= 0.6 is 27.7 Å². The van der Waals surface area contributed by atoms with Crippen molar-refractivity contribution in [2.75, 3.05) is 0 Å². The molecule has 0 aliphatic heterocycles. The molecule has 0 aliphatic carbocycles. The predicted octanol–water partition coefficient (Wildman–Crippen LogP) is 0.812. The van der Waals surface area contributed by atoms with E-state index in [2.05, 4.69) is 36.1 Å². The fraction of sp³-hybridized carbons (Fsp3) is 0.143. The van der Waals surface area contributed by atoms with Crippen molar-refractivity contribution in [3.05, 3.63) is 27.4 Å². The lowest BCUT2D eigenvalue weighted by atomic mass is 10.7. The maximum atomic E-state index is 11.1. The van der Waals surface area contributed by atoms with E-state index in [9.17, 15) is 4.79 Å². The number of nitrogens with zero attached hydrogens (tertiary/aromatic N) is 4. The molecule has 15 heavy (non-hydrogen) atoms. The van der Waals surface area contributed by atoms with Crippen LogP contribution in [0.2, 0.25) is 0 Å². The second kappa shape index (κ2) is 4.15. The summed E-state index contributed by atoms with van der Waals surface area (Å²) in [5.74, 6) is 0. The lowest BCUT2D eigenvalue weighted by Gasteiger charge is -1.97.